The van der Waals surface area contributed by atoms with Gasteiger partial charge in [0.2, 0.25) is 0 Å². The summed E-state index contributed by atoms with van der Waals surface area (Å²) in [7, 11) is -2.58. The van der Waals surface area contributed by atoms with Crippen LogP contribution in [-0.4, -0.2) is 27.8 Å². The lowest BCUT2D eigenvalue weighted by atomic mass is 10.0. The molecule has 0 aliphatic heterocycles. The largest absolute Gasteiger partial charge is 0.375 e. The first-order chi connectivity index (χ1) is 17.1. The number of nitriles is 1. The van der Waals surface area contributed by atoms with Crippen LogP contribution < -0.4 is 10.8 Å². The summed E-state index contributed by atoms with van der Waals surface area (Å²) in [5, 5.41) is 12.6. The molecule has 0 spiro atoms. The Bertz CT molecular complexity index is 1570. The fourth-order valence-corrected chi connectivity index (χ4v) is 5.01. The van der Waals surface area contributed by atoms with Gasteiger partial charge in [-0.25, -0.2) is 18.7 Å². The Morgan fingerprint density at radius 1 is 1.17 bits per heavy atom. The van der Waals surface area contributed by atoms with Gasteiger partial charge in [0.1, 0.15) is 24.2 Å². The lowest BCUT2D eigenvalue weighted by Crippen LogP contribution is -2.12. The summed E-state index contributed by atoms with van der Waals surface area (Å²) < 4.78 is 42.3. The number of anilines is 1. The van der Waals surface area contributed by atoms with Crippen molar-refractivity contribution in [3.05, 3.63) is 76.1 Å². The van der Waals surface area contributed by atoms with Gasteiger partial charge in [-0.05, 0) is 50.8 Å². The van der Waals surface area contributed by atoms with Crippen molar-refractivity contribution in [3.63, 3.8) is 0 Å². The summed E-state index contributed by atoms with van der Waals surface area (Å²) in [6, 6.07) is 10.0. The van der Waals surface area contributed by atoms with E-state index in [0.29, 0.717) is 39.6 Å². The molecule has 184 valence electrons. The molecular weight excluding hydrogens is 503 g/mol. The van der Waals surface area contributed by atoms with Gasteiger partial charge in [0.25, 0.3) is 0 Å². The number of pyridine rings is 3. The summed E-state index contributed by atoms with van der Waals surface area (Å²) in [5.74, 6) is -1.08. The summed E-state index contributed by atoms with van der Waals surface area (Å²) in [4.78, 5) is 13.2. The van der Waals surface area contributed by atoms with Gasteiger partial charge in [-0.1, -0.05) is 18.5 Å². The number of nitrogens with one attached hydrogen (secondary N) is 1. The highest BCUT2D eigenvalue weighted by atomic mass is 35.5. The molecule has 4 aromatic rings. The maximum absolute atomic E-state index is 15.1. The average Bonchev–Trinajstić information content (AvgIpc) is 2.86. The van der Waals surface area contributed by atoms with Crippen LogP contribution in [0.2, 0.25) is 5.02 Å². The molecule has 2 atom stereocenters. The second-order valence-corrected chi connectivity index (χ2v) is 12.3. The minimum atomic E-state index is -2.58. The first kappa shape index (κ1) is 25.7. The average molecular weight is 526 g/mol. The van der Waals surface area contributed by atoms with Crippen LogP contribution in [0.15, 0.2) is 42.6 Å². The van der Waals surface area contributed by atoms with Gasteiger partial charge < -0.3 is 9.88 Å². The number of aryl methyl sites for hydroxylation is 1. The molecule has 0 bridgehead atoms. The summed E-state index contributed by atoms with van der Waals surface area (Å²) >= 11 is 6.58. The number of nitrogens with zero attached hydrogens (tertiary/aromatic N) is 4. The van der Waals surface area contributed by atoms with E-state index in [2.05, 4.69) is 20.3 Å². The van der Waals surface area contributed by atoms with E-state index in [1.54, 1.807) is 32.6 Å². The molecule has 3 heterocycles. The topological polar surface area (TPSA) is 91.6 Å². The smallest absolute Gasteiger partial charge is 0.151 e. The van der Waals surface area contributed by atoms with Crippen molar-refractivity contribution in [1.29, 1.82) is 5.26 Å². The fraction of sp³-hybridized carbons (Fsp3) is 0.231. The van der Waals surface area contributed by atoms with E-state index in [0.717, 1.165) is 0 Å². The predicted molar refractivity (Wildman–Crippen MR) is 139 cm³/mol. The third kappa shape index (κ3) is 4.82. The summed E-state index contributed by atoms with van der Waals surface area (Å²) in [6.45, 7) is 6.90. The van der Waals surface area contributed by atoms with Gasteiger partial charge in [-0.3, -0.25) is 4.98 Å². The molecule has 0 amide bonds. The van der Waals surface area contributed by atoms with Crippen LogP contribution in [0.4, 0.5) is 14.5 Å². The minimum Gasteiger partial charge on any atom is -0.375 e. The van der Waals surface area contributed by atoms with E-state index in [1.807, 2.05) is 13.0 Å². The number of hydrogen-bond donors (Lipinski definition) is 1. The van der Waals surface area contributed by atoms with Crippen LogP contribution >= 0.6 is 18.7 Å². The second kappa shape index (κ2) is 9.93. The van der Waals surface area contributed by atoms with Gasteiger partial charge >= 0.3 is 0 Å². The number of halogens is 3. The van der Waals surface area contributed by atoms with Crippen molar-refractivity contribution in [1.82, 2.24) is 15.0 Å². The van der Waals surface area contributed by atoms with Crippen molar-refractivity contribution >= 4 is 40.9 Å². The van der Waals surface area contributed by atoms with Crippen molar-refractivity contribution in [2.75, 3.05) is 18.1 Å². The Kier molecular flexibility index (Phi) is 7.08. The van der Waals surface area contributed by atoms with Crippen LogP contribution in [0.1, 0.15) is 36.7 Å². The van der Waals surface area contributed by atoms with Crippen molar-refractivity contribution < 1.29 is 13.3 Å². The molecule has 0 saturated carbocycles. The van der Waals surface area contributed by atoms with E-state index in [9.17, 15) is 14.2 Å². The Morgan fingerprint density at radius 2 is 1.92 bits per heavy atom. The molecule has 36 heavy (non-hydrogen) atoms. The predicted octanol–water partition coefficient (Wildman–Crippen LogP) is 6.61. The van der Waals surface area contributed by atoms with Crippen LogP contribution in [0.5, 0.6) is 0 Å². The van der Waals surface area contributed by atoms with Crippen LogP contribution in [0, 0.1) is 29.9 Å². The molecule has 6 nitrogen and oxygen atoms in total. The molecule has 1 aromatic carbocycles. The molecule has 0 aliphatic rings. The quantitative estimate of drug-likeness (QED) is 0.285. The lowest BCUT2D eigenvalue weighted by Gasteiger charge is -2.20. The van der Waals surface area contributed by atoms with Gasteiger partial charge in [0.15, 0.2) is 5.82 Å². The van der Waals surface area contributed by atoms with Gasteiger partial charge in [-0.15, -0.1) is 0 Å². The van der Waals surface area contributed by atoms with Crippen LogP contribution in [-0.2, 0) is 4.57 Å². The Balaban J connectivity index is 1.83. The molecule has 4 rings (SSSR count). The highest BCUT2D eigenvalue weighted by Gasteiger charge is 2.21. The van der Waals surface area contributed by atoms with Crippen molar-refractivity contribution in [2.24, 2.45) is 0 Å². The molecule has 2 unspecified atom stereocenters. The van der Waals surface area contributed by atoms with E-state index in [4.69, 9.17) is 11.6 Å². The second-order valence-electron chi connectivity index (χ2n) is 8.61. The van der Waals surface area contributed by atoms with E-state index in [-0.39, 0.29) is 21.8 Å². The van der Waals surface area contributed by atoms with E-state index in [1.165, 1.54) is 30.5 Å². The normalized spacial score (nSPS) is 13.7. The fourth-order valence-electron chi connectivity index (χ4n) is 3.80. The molecule has 0 fully saturated rings. The number of aromatic nitrogens is 3. The Hall–Kier alpha value is -3.40. The third-order valence-corrected chi connectivity index (χ3v) is 8.98. The number of benzene rings is 1. The van der Waals surface area contributed by atoms with Crippen molar-refractivity contribution in [2.45, 2.75) is 26.8 Å². The SMILES string of the molecule is CCP(C)(=O)c1ccc(-c2nc3c(NC(C)c4cc(C#N)ccc4F)c(Cl)c(C)nc3cc2F)cn1. The van der Waals surface area contributed by atoms with Crippen LogP contribution in [0.25, 0.3) is 22.3 Å². The monoisotopic (exact) mass is 525 g/mol. The molecule has 1 N–H and O–H groups in total. The highest BCUT2D eigenvalue weighted by molar-refractivity contribution is 7.70. The number of rotatable bonds is 6. The zero-order valence-electron chi connectivity index (χ0n) is 20.1. The van der Waals surface area contributed by atoms with Gasteiger partial charge in [0.05, 0.1) is 45.0 Å². The lowest BCUT2D eigenvalue weighted by molar-refractivity contribution is 0.585. The maximum Gasteiger partial charge on any atom is 0.151 e. The first-order valence-electron chi connectivity index (χ1n) is 11.2. The zero-order chi connectivity index (χ0) is 26.2. The van der Waals surface area contributed by atoms with E-state index >= 15 is 4.39 Å². The molecule has 0 saturated heterocycles. The standard InChI is InChI=1S/C26H23ClF2N5OP/c1-5-36(4,35)22-9-7-17(13-31-22)24-20(29)11-21-25(34-24)26(23(27)15(3)32-21)33-14(2)18-10-16(12-30)6-8-19(18)28/h6-11,13-14H,5H2,1-4H3,(H,32,33). The number of hydrogen-bond acceptors (Lipinski definition) is 6. The Morgan fingerprint density at radius 3 is 2.56 bits per heavy atom. The highest BCUT2D eigenvalue weighted by Crippen LogP contribution is 2.39. The van der Waals surface area contributed by atoms with Crippen molar-refractivity contribution in [3.8, 4) is 17.3 Å². The van der Waals surface area contributed by atoms with Gasteiger partial charge in [-0.2, -0.15) is 5.26 Å². The molecule has 0 aliphatic carbocycles. The molecule has 0 radical (unpaired) electrons. The summed E-state index contributed by atoms with van der Waals surface area (Å²) in [5.41, 5.74) is 2.86. The Labute approximate surface area is 212 Å². The number of fused-ring (bicyclic) bond motifs is 1. The third-order valence-electron chi connectivity index (χ3n) is 6.08. The van der Waals surface area contributed by atoms with Crippen LogP contribution in [0.3, 0.4) is 0 Å². The van der Waals surface area contributed by atoms with Gasteiger partial charge in [0, 0.05) is 29.6 Å². The first-order valence-corrected chi connectivity index (χ1v) is 13.9. The van der Waals surface area contributed by atoms with E-state index < -0.39 is 24.8 Å². The molecule has 10 heteroatoms. The zero-order valence-corrected chi connectivity index (χ0v) is 21.8. The summed E-state index contributed by atoms with van der Waals surface area (Å²) in [6.07, 6.45) is 1.91. The molecular formula is C26H23ClF2N5OP. The molecule has 3 aromatic heterocycles. The minimum absolute atomic E-state index is 0.0269. The maximum atomic E-state index is 15.1.